The Morgan fingerprint density at radius 1 is 1.42 bits per heavy atom. The van der Waals surface area contributed by atoms with Crippen LogP contribution in [0.5, 0.6) is 11.5 Å². The Bertz CT molecular complexity index is 772. The molecule has 2 rings (SSSR count). The minimum Gasteiger partial charge on any atom is -0.493 e. The molecule has 0 aliphatic heterocycles. The fraction of sp³-hybridized carbons (Fsp3) is 0.231. The number of aromatic nitrogens is 3. The minimum atomic E-state index is -0.496. The topological polar surface area (TPSA) is 131 Å². The van der Waals surface area contributed by atoms with Crippen molar-refractivity contribution < 1.29 is 24.4 Å². The van der Waals surface area contributed by atoms with Crippen LogP contribution in [0.2, 0.25) is 0 Å². The molecule has 0 spiro atoms. The summed E-state index contributed by atoms with van der Waals surface area (Å²) >= 11 is 0. The molecule has 0 atom stereocenters. The molecule has 0 radical (unpaired) electrons. The van der Waals surface area contributed by atoms with Crippen LogP contribution in [0.1, 0.15) is 5.56 Å². The minimum absolute atomic E-state index is 0.218. The predicted molar refractivity (Wildman–Crippen MR) is 80.4 cm³/mol. The maximum atomic E-state index is 11.7. The Labute approximate surface area is 136 Å². The summed E-state index contributed by atoms with van der Waals surface area (Å²) in [5, 5.41) is 16.0. The van der Waals surface area contributed by atoms with Gasteiger partial charge in [0.1, 0.15) is 6.54 Å². The maximum absolute atomic E-state index is 11.7. The van der Waals surface area contributed by atoms with Crippen molar-refractivity contribution in [3.63, 3.8) is 0 Å². The molecule has 24 heavy (non-hydrogen) atoms. The molecule has 0 aliphatic rings. The smallest absolute Gasteiger partial charge is 0.493 e. The first-order chi connectivity index (χ1) is 11.5. The average Bonchev–Trinajstić information content (AvgIpc) is 3.03. The second-order valence-corrected chi connectivity index (χ2v) is 4.42. The molecule has 2 N–H and O–H groups in total. The Balaban J connectivity index is 1.93. The van der Waals surface area contributed by atoms with Crippen LogP contribution in [-0.4, -0.2) is 51.2 Å². The Morgan fingerprint density at radius 2 is 2.17 bits per heavy atom. The van der Waals surface area contributed by atoms with Crippen LogP contribution in [0.25, 0.3) is 0 Å². The molecule has 1 amide bonds. The fourth-order valence-corrected chi connectivity index (χ4v) is 1.74. The van der Waals surface area contributed by atoms with Crippen LogP contribution in [0.3, 0.4) is 0 Å². The first-order valence-electron chi connectivity index (χ1n) is 6.63. The molecule has 0 bridgehead atoms. The van der Waals surface area contributed by atoms with Crippen molar-refractivity contribution in [1.29, 1.82) is 0 Å². The van der Waals surface area contributed by atoms with Gasteiger partial charge in [0.05, 0.1) is 20.4 Å². The van der Waals surface area contributed by atoms with Crippen LogP contribution in [-0.2, 0) is 11.3 Å². The number of hydrogen-bond donors (Lipinski definition) is 2. The van der Waals surface area contributed by atoms with Gasteiger partial charge in [-0.15, -0.1) is 0 Å². The zero-order valence-electron chi connectivity index (χ0n) is 12.9. The van der Waals surface area contributed by atoms with E-state index in [0.717, 1.165) is 11.0 Å². The molecule has 1 aromatic carbocycles. The highest BCUT2D eigenvalue weighted by Gasteiger charge is 2.19. The quantitative estimate of drug-likeness (QED) is 0.547. The molecule has 0 saturated carbocycles. The molecule has 0 fully saturated rings. The molecular formula is C13H15N6O5+. The lowest BCUT2D eigenvalue weighted by atomic mass is 10.2. The van der Waals surface area contributed by atoms with E-state index in [2.05, 4.69) is 20.6 Å². The van der Waals surface area contributed by atoms with Crippen LogP contribution < -0.4 is 14.9 Å². The second kappa shape index (κ2) is 7.67. The number of nitrogens with one attached hydrogen (secondary N) is 1. The van der Waals surface area contributed by atoms with Gasteiger partial charge in [0.2, 0.25) is 6.33 Å². The van der Waals surface area contributed by atoms with Crippen LogP contribution in [0.4, 0.5) is 5.95 Å². The van der Waals surface area contributed by atoms with E-state index in [4.69, 9.17) is 14.7 Å². The molecule has 0 unspecified atom stereocenters. The summed E-state index contributed by atoms with van der Waals surface area (Å²) in [6.07, 6.45) is 2.56. The molecule has 126 valence electrons. The SMILES string of the molecule is COc1ccc(/C=N/NC(=O)Cn2cnc([N+](=O)O)n2)cc1OC. The van der Waals surface area contributed by atoms with Gasteiger partial charge in [0, 0.05) is 5.10 Å². The lowest BCUT2D eigenvalue weighted by molar-refractivity contribution is -0.734. The average molecular weight is 335 g/mol. The lowest BCUT2D eigenvalue weighted by Crippen LogP contribution is -2.23. The van der Waals surface area contributed by atoms with Gasteiger partial charge in [0.25, 0.3) is 5.91 Å². The third kappa shape index (κ3) is 4.25. The normalized spacial score (nSPS) is 10.6. The number of rotatable bonds is 7. The molecule has 1 aromatic heterocycles. The molecule has 11 nitrogen and oxygen atoms in total. The van der Waals surface area contributed by atoms with Gasteiger partial charge in [-0.05, 0) is 28.7 Å². The molecular weight excluding hydrogens is 320 g/mol. The van der Waals surface area contributed by atoms with Gasteiger partial charge < -0.3 is 14.7 Å². The number of benzene rings is 1. The number of nitrogens with zero attached hydrogens (tertiary/aromatic N) is 5. The number of ether oxygens (including phenoxy) is 2. The fourth-order valence-electron chi connectivity index (χ4n) is 1.74. The van der Waals surface area contributed by atoms with E-state index in [1.165, 1.54) is 20.4 Å². The monoisotopic (exact) mass is 335 g/mol. The highest BCUT2D eigenvalue weighted by atomic mass is 16.6. The van der Waals surface area contributed by atoms with Crippen LogP contribution in [0.15, 0.2) is 29.6 Å². The Kier molecular flexibility index (Phi) is 5.39. The van der Waals surface area contributed by atoms with Crippen molar-refractivity contribution in [3.05, 3.63) is 35.0 Å². The van der Waals surface area contributed by atoms with Crippen molar-refractivity contribution in [1.82, 2.24) is 20.2 Å². The predicted octanol–water partition coefficient (Wildman–Crippen LogP) is 0.245. The summed E-state index contributed by atoms with van der Waals surface area (Å²) in [6, 6.07) is 5.15. The van der Waals surface area contributed by atoms with Gasteiger partial charge >= 0.3 is 5.95 Å². The van der Waals surface area contributed by atoms with E-state index in [1.807, 2.05) is 0 Å². The lowest BCUT2D eigenvalue weighted by Gasteiger charge is -2.07. The zero-order valence-corrected chi connectivity index (χ0v) is 12.9. The number of methoxy groups -OCH3 is 2. The maximum Gasteiger partial charge on any atom is 0.531 e. The summed E-state index contributed by atoms with van der Waals surface area (Å²) < 4.78 is 11.4. The van der Waals surface area contributed by atoms with E-state index in [9.17, 15) is 9.70 Å². The number of carbonyl (C=O) groups excluding carboxylic acids is 1. The molecule has 0 saturated heterocycles. The summed E-state index contributed by atoms with van der Waals surface area (Å²) in [7, 11) is 3.05. The van der Waals surface area contributed by atoms with E-state index in [-0.39, 0.29) is 6.54 Å². The van der Waals surface area contributed by atoms with Crippen LogP contribution >= 0.6 is 0 Å². The number of amides is 1. The summed E-state index contributed by atoms with van der Waals surface area (Å²) in [5.74, 6) is 0.168. The van der Waals surface area contributed by atoms with E-state index >= 15 is 0 Å². The molecule has 2 aromatic rings. The van der Waals surface area contributed by atoms with Gasteiger partial charge in [-0.25, -0.2) is 5.43 Å². The van der Waals surface area contributed by atoms with E-state index in [0.29, 0.717) is 17.1 Å². The third-order valence-electron chi connectivity index (χ3n) is 2.81. The standard InChI is InChI=1S/C13H14N6O5/c1-23-10-4-3-9(5-11(10)24-2)6-15-16-12(20)7-18-8-14-13(17-18)19(21)22/h3-6,8H,7H2,1-2H3,(H-,16,20,21,22)/p+1/b15-6+. The summed E-state index contributed by atoms with van der Waals surface area (Å²) in [6.45, 7) is -0.218. The third-order valence-corrected chi connectivity index (χ3v) is 2.81. The van der Waals surface area contributed by atoms with E-state index in [1.54, 1.807) is 18.2 Å². The number of carbonyl (C=O) groups is 1. The Hall–Kier alpha value is -3.50. The largest absolute Gasteiger partial charge is 0.531 e. The Morgan fingerprint density at radius 3 is 2.79 bits per heavy atom. The molecule has 1 heterocycles. The zero-order chi connectivity index (χ0) is 17.5. The van der Waals surface area contributed by atoms with E-state index < -0.39 is 16.8 Å². The number of hydrogen-bond acceptors (Lipinski definition) is 7. The first kappa shape index (κ1) is 16.9. The number of hydrazone groups is 1. The molecule has 11 heteroatoms. The van der Waals surface area contributed by atoms with Crippen molar-refractivity contribution in [2.45, 2.75) is 6.54 Å². The van der Waals surface area contributed by atoms with Crippen molar-refractivity contribution in [3.8, 4) is 11.5 Å². The van der Waals surface area contributed by atoms with Crippen molar-refractivity contribution >= 4 is 18.1 Å². The first-order valence-corrected chi connectivity index (χ1v) is 6.63. The van der Waals surface area contributed by atoms with Gasteiger partial charge in [-0.3, -0.25) is 4.79 Å². The van der Waals surface area contributed by atoms with Crippen molar-refractivity contribution in [2.75, 3.05) is 14.2 Å². The molecule has 0 aliphatic carbocycles. The van der Waals surface area contributed by atoms with Gasteiger partial charge in [0.15, 0.2) is 16.4 Å². The van der Waals surface area contributed by atoms with Crippen molar-refractivity contribution in [2.24, 2.45) is 5.10 Å². The van der Waals surface area contributed by atoms with Gasteiger partial charge in [-0.1, -0.05) is 4.91 Å². The summed E-state index contributed by atoms with van der Waals surface area (Å²) in [4.78, 5) is 25.3. The summed E-state index contributed by atoms with van der Waals surface area (Å²) in [5.41, 5.74) is 2.99. The van der Waals surface area contributed by atoms with Gasteiger partial charge in [-0.2, -0.15) is 9.78 Å². The second-order valence-electron chi connectivity index (χ2n) is 4.42. The highest BCUT2D eigenvalue weighted by molar-refractivity contribution is 5.83. The highest BCUT2D eigenvalue weighted by Crippen LogP contribution is 2.26. The van der Waals surface area contributed by atoms with Crippen LogP contribution in [0, 0.1) is 4.91 Å².